The zero-order valence-electron chi connectivity index (χ0n) is 11.2. The first-order valence-electron chi connectivity index (χ1n) is 5.96. The number of aliphatic hydroxyl groups is 1. The van der Waals surface area contributed by atoms with E-state index in [1.165, 1.54) is 11.3 Å². The number of thiazole rings is 1. The van der Waals surface area contributed by atoms with Gasteiger partial charge in [-0.15, -0.1) is 22.7 Å². The van der Waals surface area contributed by atoms with Crippen molar-refractivity contribution in [2.45, 2.75) is 13.5 Å². The van der Waals surface area contributed by atoms with Gasteiger partial charge in [0.15, 0.2) is 0 Å². The molecule has 0 atom stereocenters. The molecule has 104 valence electrons. The minimum atomic E-state index is -0.175. The average molecular weight is 306 g/mol. The number of aryl methyl sites for hydroxylation is 1. The van der Waals surface area contributed by atoms with E-state index in [4.69, 9.17) is 5.11 Å². The van der Waals surface area contributed by atoms with Crippen molar-refractivity contribution < 1.29 is 9.90 Å². The second kappa shape index (κ2) is 6.66. The highest BCUT2D eigenvalue weighted by Gasteiger charge is 2.15. The van der Waals surface area contributed by atoms with Crippen LogP contribution in [0.5, 0.6) is 0 Å². The van der Waals surface area contributed by atoms with Gasteiger partial charge in [0.25, 0.3) is 5.91 Å². The first-order valence-corrected chi connectivity index (χ1v) is 7.65. The smallest absolute Gasteiger partial charge is 0.264 e. The van der Waals surface area contributed by atoms with Crippen LogP contribution in [0.15, 0.2) is 17.6 Å². The van der Waals surface area contributed by atoms with E-state index in [-0.39, 0.29) is 12.5 Å². The third kappa shape index (κ3) is 3.45. The van der Waals surface area contributed by atoms with E-state index in [1.54, 1.807) is 40.9 Å². The van der Waals surface area contributed by atoms with Crippen LogP contribution < -0.4 is 0 Å². The third-order valence-corrected chi connectivity index (χ3v) is 4.59. The first kappa shape index (κ1) is 14.7. The molecule has 0 aliphatic rings. The second-order valence-corrected chi connectivity index (χ2v) is 6.17. The van der Waals surface area contributed by atoms with E-state index in [1.807, 2.05) is 6.92 Å². The number of carbonyl (C=O) groups excluding carboxylic acids is 1. The average Bonchev–Trinajstić information content (AvgIpc) is 3.05. The van der Waals surface area contributed by atoms with Crippen LogP contribution in [0.1, 0.15) is 25.1 Å². The lowest BCUT2D eigenvalue weighted by atomic mass is 10.3. The molecule has 6 heteroatoms. The summed E-state index contributed by atoms with van der Waals surface area (Å²) in [7, 11) is 1.78. The summed E-state index contributed by atoms with van der Waals surface area (Å²) < 4.78 is 0. The number of hydrogen-bond donors (Lipinski definition) is 1. The molecule has 20 heavy (non-hydrogen) atoms. The minimum absolute atomic E-state index is 0.0279. The maximum absolute atomic E-state index is 12.3. The highest BCUT2D eigenvalue weighted by molar-refractivity contribution is 7.14. The molecule has 0 unspecified atom stereocenters. The van der Waals surface area contributed by atoms with Gasteiger partial charge in [-0.25, -0.2) is 4.98 Å². The molecule has 1 amide bonds. The van der Waals surface area contributed by atoms with Crippen molar-refractivity contribution in [1.82, 2.24) is 9.88 Å². The van der Waals surface area contributed by atoms with Crippen molar-refractivity contribution in [3.8, 4) is 11.8 Å². The molecule has 0 radical (unpaired) electrons. The summed E-state index contributed by atoms with van der Waals surface area (Å²) in [5, 5.41) is 8.65. The monoisotopic (exact) mass is 306 g/mol. The lowest BCUT2D eigenvalue weighted by molar-refractivity contribution is 0.0791. The number of nitrogens with zero attached hydrogens (tertiary/aromatic N) is 2. The maximum Gasteiger partial charge on any atom is 0.264 e. The number of aliphatic hydroxyl groups excluding tert-OH is 1. The molecule has 0 aliphatic heterocycles. The summed E-state index contributed by atoms with van der Waals surface area (Å²) in [5.74, 6) is 5.35. The van der Waals surface area contributed by atoms with Crippen molar-refractivity contribution in [2.75, 3.05) is 13.7 Å². The molecule has 0 aromatic carbocycles. The highest BCUT2D eigenvalue weighted by atomic mass is 32.1. The van der Waals surface area contributed by atoms with Crippen LogP contribution in [0.3, 0.4) is 0 Å². The van der Waals surface area contributed by atoms with Gasteiger partial charge in [-0.2, -0.15) is 0 Å². The van der Waals surface area contributed by atoms with Gasteiger partial charge in [-0.05, 0) is 19.1 Å². The van der Waals surface area contributed by atoms with E-state index in [0.29, 0.717) is 11.4 Å². The Bertz CT molecular complexity index is 664. The zero-order chi connectivity index (χ0) is 14.5. The largest absolute Gasteiger partial charge is 0.384 e. The molecule has 0 saturated heterocycles. The molecule has 2 heterocycles. The summed E-state index contributed by atoms with van der Waals surface area (Å²) in [6.07, 6.45) is 0. The van der Waals surface area contributed by atoms with Crippen LogP contribution in [0.25, 0.3) is 0 Å². The Hall–Kier alpha value is -1.68. The fraction of sp³-hybridized carbons (Fsp3) is 0.286. The Balaban J connectivity index is 2.07. The maximum atomic E-state index is 12.3. The summed E-state index contributed by atoms with van der Waals surface area (Å²) in [4.78, 5) is 20.7. The van der Waals surface area contributed by atoms with Crippen LogP contribution in [0, 0.1) is 18.8 Å². The topological polar surface area (TPSA) is 53.4 Å². The molecule has 0 bridgehead atoms. The van der Waals surface area contributed by atoms with E-state index in [2.05, 4.69) is 16.8 Å². The Morgan fingerprint density at radius 1 is 1.50 bits per heavy atom. The van der Waals surface area contributed by atoms with Crippen LogP contribution in [-0.4, -0.2) is 34.6 Å². The Kier molecular flexibility index (Phi) is 4.90. The van der Waals surface area contributed by atoms with Gasteiger partial charge in [0.2, 0.25) is 0 Å². The third-order valence-electron chi connectivity index (χ3n) is 2.68. The molecule has 0 aliphatic carbocycles. The van der Waals surface area contributed by atoms with E-state index in [9.17, 15) is 4.79 Å². The van der Waals surface area contributed by atoms with Crippen LogP contribution >= 0.6 is 22.7 Å². The van der Waals surface area contributed by atoms with Crippen LogP contribution in [0.2, 0.25) is 0 Å². The molecule has 2 aromatic heterocycles. The summed E-state index contributed by atoms with van der Waals surface area (Å²) in [5.41, 5.74) is 2.76. The van der Waals surface area contributed by atoms with E-state index in [0.717, 1.165) is 15.4 Å². The molecule has 0 saturated carbocycles. The predicted octanol–water partition coefficient (Wildman–Crippen LogP) is 2.13. The normalized spacial score (nSPS) is 9.95. The zero-order valence-corrected chi connectivity index (χ0v) is 12.8. The van der Waals surface area contributed by atoms with Gasteiger partial charge in [0, 0.05) is 11.9 Å². The lowest BCUT2D eigenvalue weighted by Gasteiger charge is -2.15. The van der Waals surface area contributed by atoms with Crippen molar-refractivity contribution in [3.05, 3.63) is 38.0 Å². The summed E-state index contributed by atoms with van der Waals surface area (Å²) in [6, 6.07) is 3.57. The molecule has 4 nitrogen and oxygen atoms in total. The second-order valence-electron chi connectivity index (χ2n) is 4.15. The standard InChI is InChI=1S/C14H14N2O2S2/c1-10-13(19-9-15-10)8-16(2)14(18)12-6-5-11(20-12)4-3-7-17/h5-6,9,17H,7-8H2,1-2H3. The first-order chi connectivity index (χ1) is 9.61. The quantitative estimate of drug-likeness (QED) is 0.884. The van der Waals surface area contributed by atoms with Crippen molar-refractivity contribution in [2.24, 2.45) is 0 Å². The molecule has 2 rings (SSSR count). The molecule has 2 aromatic rings. The van der Waals surface area contributed by atoms with Gasteiger partial charge in [0.1, 0.15) is 6.61 Å². The number of thiophene rings is 1. The van der Waals surface area contributed by atoms with Gasteiger partial charge in [-0.3, -0.25) is 4.79 Å². The number of rotatable bonds is 3. The number of carbonyl (C=O) groups is 1. The van der Waals surface area contributed by atoms with Crippen molar-refractivity contribution in [3.63, 3.8) is 0 Å². The predicted molar refractivity (Wildman–Crippen MR) is 80.9 cm³/mol. The molecular formula is C14H14N2O2S2. The van der Waals surface area contributed by atoms with Gasteiger partial charge in [-0.1, -0.05) is 11.8 Å². The highest BCUT2D eigenvalue weighted by Crippen LogP contribution is 2.20. The number of amides is 1. The fourth-order valence-electron chi connectivity index (χ4n) is 1.60. The number of hydrogen-bond acceptors (Lipinski definition) is 5. The molecule has 1 N–H and O–H groups in total. The summed E-state index contributed by atoms with van der Waals surface area (Å²) >= 11 is 2.89. The van der Waals surface area contributed by atoms with Gasteiger partial charge < -0.3 is 10.0 Å². The van der Waals surface area contributed by atoms with Crippen LogP contribution in [-0.2, 0) is 6.54 Å². The Morgan fingerprint density at radius 3 is 2.95 bits per heavy atom. The van der Waals surface area contributed by atoms with E-state index >= 15 is 0 Å². The Labute approximate surface area is 125 Å². The van der Waals surface area contributed by atoms with Gasteiger partial charge >= 0.3 is 0 Å². The van der Waals surface area contributed by atoms with Crippen LogP contribution in [0.4, 0.5) is 0 Å². The van der Waals surface area contributed by atoms with Gasteiger partial charge in [0.05, 0.1) is 27.5 Å². The van der Waals surface area contributed by atoms with Crippen molar-refractivity contribution >= 4 is 28.6 Å². The molecule has 0 fully saturated rings. The minimum Gasteiger partial charge on any atom is -0.384 e. The van der Waals surface area contributed by atoms with E-state index < -0.39 is 0 Å². The summed E-state index contributed by atoms with van der Waals surface area (Å²) in [6.45, 7) is 2.33. The van der Waals surface area contributed by atoms with Crippen molar-refractivity contribution in [1.29, 1.82) is 0 Å². The molecule has 0 spiro atoms. The number of aromatic nitrogens is 1. The SMILES string of the molecule is Cc1ncsc1CN(C)C(=O)c1ccc(C#CCO)s1. The lowest BCUT2D eigenvalue weighted by Crippen LogP contribution is -2.25. The molecular weight excluding hydrogens is 292 g/mol. The fourth-order valence-corrected chi connectivity index (χ4v) is 3.30. The Morgan fingerprint density at radius 2 is 2.30 bits per heavy atom.